The van der Waals surface area contributed by atoms with Crippen molar-refractivity contribution in [3.8, 4) is 17.4 Å². The second kappa shape index (κ2) is 5.32. The Morgan fingerprint density at radius 3 is 2.90 bits per heavy atom. The molecule has 2 N–H and O–H groups in total. The van der Waals surface area contributed by atoms with Gasteiger partial charge in [-0.2, -0.15) is 4.98 Å². The standard InChI is InChI=1S/C15H16N4O2/c1-3-10-4-5-11(12(8-10)20-2)21-15-14-17-6-7-19(14)9-13(16)18-15/h4-9H,3,16H2,1-2H3. The minimum Gasteiger partial charge on any atom is -0.493 e. The highest BCUT2D eigenvalue weighted by Crippen LogP contribution is 2.33. The number of fused-ring (bicyclic) bond motifs is 1. The van der Waals surface area contributed by atoms with Gasteiger partial charge in [-0.1, -0.05) is 13.0 Å². The van der Waals surface area contributed by atoms with Crippen LogP contribution in [-0.4, -0.2) is 21.5 Å². The van der Waals surface area contributed by atoms with Crippen molar-refractivity contribution in [3.63, 3.8) is 0 Å². The number of nitrogen functional groups attached to an aromatic ring is 1. The van der Waals surface area contributed by atoms with Gasteiger partial charge in [0.2, 0.25) is 5.65 Å². The summed E-state index contributed by atoms with van der Waals surface area (Å²) >= 11 is 0. The summed E-state index contributed by atoms with van der Waals surface area (Å²) in [4.78, 5) is 8.43. The lowest BCUT2D eigenvalue weighted by atomic mass is 10.1. The molecule has 0 spiro atoms. The average Bonchev–Trinajstić information content (AvgIpc) is 2.96. The predicted molar refractivity (Wildman–Crippen MR) is 79.8 cm³/mol. The molecule has 0 radical (unpaired) electrons. The van der Waals surface area contributed by atoms with Crippen molar-refractivity contribution >= 4 is 11.5 Å². The molecule has 0 atom stereocenters. The molecule has 0 aliphatic rings. The first-order valence-electron chi connectivity index (χ1n) is 6.65. The van der Waals surface area contributed by atoms with E-state index in [9.17, 15) is 0 Å². The van der Waals surface area contributed by atoms with Gasteiger partial charge in [0.1, 0.15) is 5.82 Å². The van der Waals surface area contributed by atoms with E-state index in [1.165, 1.54) is 5.56 Å². The number of benzene rings is 1. The fourth-order valence-corrected chi connectivity index (χ4v) is 2.11. The first-order chi connectivity index (χ1) is 10.2. The number of aryl methyl sites for hydroxylation is 1. The molecule has 2 aromatic heterocycles. The normalized spacial score (nSPS) is 10.8. The summed E-state index contributed by atoms with van der Waals surface area (Å²) in [6, 6.07) is 5.80. The molecule has 0 saturated carbocycles. The van der Waals surface area contributed by atoms with Crippen LogP contribution >= 0.6 is 0 Å². The van der Waals surface area contributed by atoms with Crippen LogP contribution in [0, 0.1) is 0 Å². The van der Waals surface area contributed by atoms with E-state index in [4.69, 9.17) is 15.2 Å². The van der Waals surface area contributed by atoms with Crippen molar-refractivity contribution < 1.29 is 9.47 Å². The van der Waals surface area contributed by atoms with Gasteiger partial charge in [0.25, 0.3) is 5.88 Å². The van der Waals surface area contributed by atoms with E-state index >= 15 is 0 Å². The zero-order valence-electron chi connectivity index (χ0n) is 11.9. The van der Waals surface area contributed by atoms with Gasteiger partial charge in [0.15, 0.2) is 11.5 Å². The molecule has 108 valence electrons. The van der Waals surface area contributed by atoms with Crippen molar-refractivity contribution in [1.29, 1.82) is 0 Å². The summed E-state index contributed by atoms with van der Waals surface area (Å²) < 4.78 is 13.0. The SMILES string of the molecule is CCc1ccc(Oc2nc(N)cn3ccnc23)c(OC)c1. The molecule has 6 nitrogen and oxygen atoms in total. The molecule has 21 heavy (non-hydrogen) atoms. The molecule has 0 unspecified atom stereocenters. The first kappa shape index (κ1) is 13.2. The van der Waals surface area contributed by atoms with Gasteiger partial charge in [0, 0.05) is 12.4 Å². The van der Waals surface area contributed by atoms with Gasteiger partial charge < -0.3 is 15.2 Å². The Morgan fingerprint density at radius 1 is 1.29 bits per heavy atom. The summed E-state index contributed by atoms with van der Waals surface area (Å²) in [6.45, 7) is 2.09. The monoisotopic (exact) mass is 284 g/mol. The molecule has 3 aromatic rings. The maximum atomic E-state index is 5.85. The molecule has 3 rings (SSSR count). The minimum atomic E-state index is 0.350. The maximum absolute atomic E-state index is 5.85. The third-order valence-corrected chi connectivity index (χ3v) is 3.20. The van der Waals surface area contributed by atoms with Gasteiger partial charge in [0.05, 0.1) is 13.3 Å². The molecule has 0 fully saturated rings. The number of anilines is 1. The molecular formula is C15H16N4O2. The van der Waals surface area contributed by atoms with Crippen molar-refractivity contribution in [2.24, 2.45) is 0 Å². The Morgan fingerprint density at radius 2 is 2.14 bits per heavy atom. The van der Waals surface area contributed by atoms with Gasteiger partial charge in [-0.25, -0.2) is 4.98 Å². The molecule has 1 aromatic carbocycles. The molecule has 6 heteroatoms. The van der Waals surface area contributed by atoms with Crippen LogP contribution in [0.15, 0.2) is 36.8 Å². The van der Waals surface area contributed by atoms with E-state index in [0.29, 0.717) is 28.8 Å². The number of hydrogen-bond acceptors (Lipinski definition) is 5. The maximum Gasteiger partial charge on any atom is 0.265 e. The molecule has 0 saturated heterocycles. The number of hydrogen-bond donors (Lipinski definition) is 1. The van der Waals surface area contributed by atoms with Crippen LogP contribution in [0.3, 0.4) is 0 Å². The summed E-state index contributed by atoms with van der Waals surface area (Å²) in [5, 5.41) is 0. The largest absolute Gasteiger partial charge is 0.493 e. The van der Waals surface area contributed by atoms with Crippen molar-refractivity contribution in [2.45, 2.75) is 13.3 Å². The van der Waals surface area contributed by atoms with Gasteiger partial charge in [-0.15, -0.1) is 0 Å². The van der Waals surface area contributed by atoms with E-state index in [2.05, 4.69) is 16.9 Å². The highest BCUT2D eigenvalue weighted by atomic mass is 16.5. The lowest BCUT2D eigenvalue weighted by Crippen LogP contribution is -2.00. The molecule has 0 amide bonds. The number of nitrogens with two attached hydrogens (primary N) is 1. The van der Waals surface area contributed by atoms with Crippen molar-refractivity contribution in [2.75, 3.05) is 12.8 Å². The van der Waals surface area contributed by atoms with Crippen molar-refractivity contribution in [1.82, 2.24) is 14.4 Å². The number of ether oxygens (including phenoxy) is 2. The van der Waals surface area contributed by atoms with Crippen LogP contribution in [0.5, 0.6) is 17.4 Å². The van der Waals surface area contributed by atoms with Crippen molar-refractivity contribution in [3.05, 3.63) is 42.4 Å². The zero-order chi connectivity index (χ0) is 14.8. The fraction of sp³-hybridized carbons (Fsp3) is 0.200. The number of aromatic nitrogens is 3. The number of methoxy groups -OCH3 is 1. The zero-order valence-corrected chi connectivity index (χ0v) is 11.9. The second-order valence-corrected chi connectivity index (χ2v) is 4.57. The number of rotatable bonds is 4. The fourth-order valence-electron chi connectivity index (χ4n) is 2.11. The Kier molecular flexibility index (Phi) is 3.35. The average molecular weight is 284 g/mol. The predicted octanol–water partition coefficient (Wildman–Crippen LogP) is 2.67. The second-order valence-electron chi connectivity index (χ2n) is 4.57. The summed E-state index contributed by atoms with van der Waals surface area (Å²) in [7, 11) is 1.61. The lowest BCUT2D eigenvalue weighted by Gasteiger charge is -2.11. The number of nitrogens with zero attached hydrogens (tertiary/aromatic N) is 3. The molecule has 2 heterocycles. The summed E-state index contributed by atoms with van der Waals surface area (Å²) in [6.07, 6.45) is 6.07. The molecule has 0 aliphatic carbocycles. The highest BCUT2D eigenvalue weighted by molar-refractivity contribution is 5.55. The number of imidazole rings is 1. The van der Waals surface area contributed by atoms with E-state index in [1.807, 2.05) is 18.2 Å². The van der Waals surface area contributed by atoms with Crippen LogP contribution < -0.4 is 15.2 Å². The van der Waals surface area contributed by atoms with Gasteiger partial charge >= 0.3 is 0 Å². The van der Waals surface area contributed by atoms with Gasteiger partial charge in [-0.3, -0.25) is 4.40 Å². The Bertz CT molecular complexity index is 782. The van der Waals surface area contributed by atoms with Crippen LogP contribution in [0.2, 0.25) is 0 Å². The highest BCUT2D eigenvalue weighted by Gasteiger charge is 2.12. The first-order valence-corrected chi connectivity index (χ1v) is 6.65. The molecule has 0 bridgehead atoms. The quantitative estimate of drug-likeness (QED) is 0.797. The summed E-state index contributed by atoms with van der Waals surface area (Å²) in [5.41, 5.74) is 7.56. The van der Waals surface area contributed by atoms with Crippen LogP contribution in [0.1, 0.15) is 12.5 Å². The van der Waals surface area contributed by atoms with Crippen LogP contribution in [0.25, 0.3) is 5.65 Å². The van der Waals surface area contributed by atoms with E-state index in [-0.39, 0.29) is 0 Å². The smallest absolute Gasteiger partial charge is 0.265 e. The van der Waals surface area contributed by atoms with Crippen LogP contribution in [0.4, 0.5) is 5.82 Å². The summed E-state index contributed by atoms with van der Waals surface area (Å²) in [5.74, 6) is 1.95. The Labute approximate surface area is 122 Å². The molecule has 0 aliphatic heterocycles. The van der Waals surface area contributed by atoms with E-state index in [0.717, 1.165) is 6.42 Å². The topological polar surface area (TPSA) is 74.7 Å². The van der Waals surface area contributed by atoms with Crippen LogP contribution in [-0.2, 0) is 6.42 Å². The Hall–Kier alpha value is -2.76. The van der Waals surface area contributed by atoms with E-state index < -0.39 is 0 Å². The lowest BCUT2D eigenvalue weighted by molar-refractivity contribution is 0.374. The van der Waals surface area contributed by atoms with Gasteiger partial charge in [-0.05, 0) is 24.1 Å². The van der Waals surface area contributed by atoms with E-state index in [1.54, 1.807) is 30.1 Å². The Balaban J connectivity index is 2.04. The third kappa shape index (κ3) is 2.47. The molecular weight excluding hydrogens is 268 g/mol. The third-order valence-electron chi connectivity index (χ3n) is 3.20. The minimum absolute atomic E-state index is 0.350.